The van der Waals surface area contributed by atoms with Gasteiger partial charge in [0.15, 0.2) is 0 Å². The molecule has 19 heavy (non-hydrogen) atoms. The summed E-state index contributed by atoms with van der Waals surface area (Å²) < 4.78 is 12.8. The van der Waals surface area contributed by atoms with Gasteiger partial charge in [0.25, 0.3) is 0 Å². The summed E-state index contributed by atoms with van der Waals surface area (Å²) in [5.74, 6) is -0.565. The Morgan fingerprint density at radius 2 is 2.00 bits per heavy atom. The second-order valence-corrected chi connectivity index (χ2v) is 5.18. The van der Waals surface area contributed by atoms with Gasteiger partial charge in [-0.1, -0.05) is 6.92 Å². The van der Waals surface area contributed by atoms with Crippen LogP contribution >= 0.6 is 0 Å². The van der Waals surface area contributed by atoms with E-state index >= 15 is 0 Å². The van der Waals surface area contributed by atoms with Gasteiger partial charge in [0.1, 0.15) is 5.82 Å². The van der Waals surface area contributed by atoms with Gasteiger partial charge < -0.3 is 15.3 Å². The standard InChI is InChI=1S/C13H19FN2O3/c1-8(5-16-6-11(17)12(18)7-16)13(19)10-3-2-9(14)4-15-10/h2-4,8,11-13,17-19H,5-7H2,1H3. The van der Waals surface area contributed by atoms with Gasteiger partial charge in [0, 0.05) is 25.6 Å². The van der Waals surface area contributed by atoms with Gasteiger partial charge in [-0.25, -0.2) is 4.39 Å². The summed E-state index contributed by atoms with van der Waals surface area (Å²) in [7, 11) is 0. The summed E-state index contributed by atoms with van der Waals surface area (Å²) in [5.41, 5.74) is 0.425. The summed E-state index contributed by atoms with van der Waals surface area (Å²) in [4.78, 5) is 5.76. The van der Waals surface area contributed by atoms with Crippen molar-refractivity contribution >= 4 is 0 Å². The molecule has 1 aromatic heterocycles. The van der Waals surface area contributed by atoms with Crippen LogP contribution in [0.5, 0.6) is 0 Å². The van der Waals surface area contributed by atoms with E-state index in [0.29, 0.717) is 25.3 Å². The van der Waals surface area contributed by atoms with Crippen molar-refractivity contribution in [1.29, 1.82) is 0 Å². The molecule has 0 bridgehead atoms. The zero-order valence-electron chi connectivity index (χ0n) is 10.8. The van der Waals surface area contributed by atoms with Crippen LogP contribution in [-0.2, 0) is 0 Å². The molecule has 2 heterocycles. The Morgan fingerprint density at radius 1 is 1.37 bits per heavy atom. The first kappa shape index (κ1) is 14.3. The summed E-state index contributed by atoms with van der Waals surface area (Å²) in [6.07, 6.45) is -1.17. The third kappa shape index (κ3) is 3.48. The summed E-state index contributed by atoms with van der Waals surface area (Å²) in [6, 6.07) is 2.73. The quantitative estimate of drug-likeness (QED) is 0.714. The fraction of sp³-hybridized carbons (Fsp3) is 0.615. The normalized spacial score (nSPS) is 27.4. The Morgan fingerprint density at radius 3 is 2.53 bits per heavy atom. The van der Waals surface area contributed by atoms with Crippen molar-refractivity contribution in [2.24, 2.45) is 5.92 Å². The molecule has 0 spiro atoms. The predicted molar refractivity (Wildman–Crippen MR) is 66.8 cm³/mol. The minimum absolute atomic E-state index is 0.129. The van der Waals surface area contributed by atoms with Crippen molar-refractivity contribution in [3.63, 3.8) is 0 Å². The fourth-order valence-corrected chi connectivity index (χ4v) is 2.36. The van der Waals surface area contributed by atoms with Crippen molar-refractivity contribution in [1.82, 2.24) is 9.88 Å². The highest BCUT2D eigenvalue weighted by Gasteiger charge is 2.31. The highest BCUT2D eigenvalue weighted by molar-refractivity contribution is 5.09. The number of β-amino-alcohol motifs (C(OH)–C–C–N with tert-alkyl or cyclic N) is 2. The van der Waals surface area contributed by atoms with Crippen LogP contribution in [0.3, 0.4) is 0 Å². The average molecular weight is 270 g/mol. The van der Waals surface area contributed by atoms with Crippen LogP contribution in [-0.4, -0.2) is 57.0 Å². The number of halogens is 1. The fourth-order valence-electron chi connectivity index (χ4n) is 2.36. The van der Waals surface area contributed by atoms with E-state index in [1.54, 1.807) is 0 Å². The Kier molecular flexibility index (Phi) is 4.46. The van der Waals surface area contributed by atoms with Gasteiger partial charge in [0.05, 0.1) is 30.2 Å². The Hall–Kier alpha value is -1.08. The van der Waals surface area contributed by atoms with Gasteiger partial charge >= 0.3 is 0 Å². The smallest absolute Gasteiger partial charge is 0.141 e. The lowest BCUT2D eigenvalue weighted by atomic mass is 10.0. The number of nitrogens with zero attached hydrogens (tertiary/aromatic N) is 2. The first-order valence-electron chi connectivity index (χ1n) is 6.35. The molecular weight excluding hydrogens is 251 g/mol. The molecule has 4 atom stereocenters. The Bertz CT molecular complexity index is 405. The molecule has 4 unspecified atom stereocenters. The van der Waals surface area contributed by atoms with Crippen LogP contribution in [0.2, 0.25) is 0 Å². The average Bonchev–Trinajstić information content (AvgIpc) is 2.68. The molecule has 5 nitrogen and oxygen atoms in total. The molecule has 1 saturated heterocycles. The zero-order chi connectivity index (χ0) is 14.0. The SMILES string of the molecule is CC(CN1CC(O)C(O)C1)C(O)c1ccc(F)cn1. The van der Waals surface area contributed by atoms with Crippen LogP contribution in [0.4, 0.5) is 4.39 Å². The Labute approximate surface area is 111 Å². The van der Waals surface area contributed by atoms with E-state index in [1.165, 1.54) is 12.1 Å². The summed E-state index contributed by atoms with van der Waals surface area (Å²) in [5, 5.41) is 29.1. The molecule has 1 aromatic rings. The molecule has 0 amide bonds. The number of aliphatic hydroxyl groups is 3. The maximum atomic E-state index is 12.8. The second kappa shape index (κ2) is 5.92. The zero-order valence-corrected chi connectivity index (χ0v) is 10.8. The van der Waals surface area contributed by atoms with Crippen LogP contribution in [0.25, 0.3) is 0 Å². The number of hydrogen-bond donors (Lipinski definition) is 3. The lowest BCUT2D eigenvalue weighted by molar-refractivity contribution is 0.0572. The van der Waals surface area contributed by atoms with E-state index < -0.39 is 24.1 Å². The van der Waals surface area contributed by atoms with Crippen molar-refractivity contribution in [3.05, 3.63) is 29.8 Å². The topological polar surface area (TPSA) is 76.8 Å². The molecule has 2 rings (SSSR count). The highest BCUT2D eigenvalue weighted by atomic mass is 19.1. The third-order valence-corrected chi connectivity index (χ3v) is 3.47. The van der Waals surface area contributed by atoms with Gasteiger partial charge in [-0.2, -0.15) is 0 Å². The minimum Gasteiger partial charge on any atom is -0.389 e. The molecule has 3 N–H and O–H groups in total. The van der Waals surface area contributed by atoms with Crippen molar-refractivity contribution in [2.75, 3.05) is 19.6 Å². The van der Waals surface area contributed by atoms with Gasteiger partial charge in [-0.05, 0) is 12.1 Å². The van der Waals surface area contributed by atoms with Crippen LogP contribution in [0, 0.1) is 11.7 Å². The molecule has 1 aliphatic rings. The molecule has 0 aromatic carbocycles. The molecule has 1 aliphatic heterocycles. The molecule has 0 saturated carbocycles. The maximum Gasteiger partial charge on any atom is 0.141 e. The van der Waals surface area contributed by atoms with Gasteiger partial charge in [-0.3, -0.25) is 9.88 Å². The Balaban J connectivity index is 1.92. The first-order valence-corrected chi connectivity index (χ1v) is 6.35. The van der Waals surface area contributed by atoms with Crippen molar-refractivity contribution < 1.29 is 19.7 Å². The van der Waals surface area contributed by atoms with Crippen molar-refractivity contribution in [3.8, 4) is 0 Å². The van der Waals surface area contributed by atoms with Crippen LogP contribution in [0.1, 0.15) is 18.7 Å². The predicted octanol–water partition coefficient (Wildman–Crippen LogP) is -0.0724. The molecule has 0 radical (unpaired) electrons. The summed E-state index contributed by atoms with van der Waals surface area (Å²) >= 11 is 0. The maximum absolute atomic E-state index is 12.8. The van der Waals surface area contributed by atoms with E-state index in [1.807, 2.05) is 11.8 Å². The van der Waals surface area contributed by atoms with E-state index in [4.69, 9.17) is 0 Å². The third-order valence-electron chi connectivity index (χ3n) is 3.47. The lowest BCUT2D eigenvalue weighted by Crippen LogP contribution is -2.30. The lowest BCUT2D eigenvalue weighted by Gasteiger charge is -2.24. The number of likely N-dealkylation sites (tertiary alicyclic amines) is 1. The largest absolute Gasteiger partial charge is 0.389 e. The highest BCUT2D eigenvalue weighted by Crippen LogP contribution is 2.22. The van der Waals surface area contributed by atoms with E-state index in [2.05, 4.69) is 4.98 Å². The number of aromatic nitrogens is 1. The number of aliphatic hydroxyl groups excluding tert-OH is 3. The number of pyridine rings is 1. The minimum atomic E-state index is -0.796. The molecule has 1 fully saturated rings. The van der Waals surface area contributed by atoms with Gasteiger partial charge in [-0.15, -0.1) is 0 Å². The second-order valence-electron chi connectivity index (χ2n) is 5.18. The van der Waals surface area contributed by atoms with Crippen LogP contribution in [0.15, 0.2) is 18.3 Å². The van der Waals surface area contributed by atoms with E-state index in [0.717, 1.165) is 6.20 Å². The number of rotatable bonds is 4. The molecule has 6 heteroatoms. The van der Waals surface area contributed by atoms with Crippen LogP contribution < -0.4 is 0 Å². The molecular formula is C13H19FN2O3. The number of hydrogen-bond acceptors (Lipinski definition) is 5. The first-order chi connectivity index (χ1) is 8.97. The van der Waals surface area contributed by atoms with E-state index in [-0.39, 0.29) is 5.92 Å². The van der Waals surface area contributed by atoms with Gasteiger partial charge in [0.2, 0.25) is 0 Å². The molecule has 0 aliphatic carbocycles. The monoisotopic (exact) mass is 270 g/mol. The van der Waals surface area contributed by atoms with Crippen molar-refractivity contribution in [2.45, 2.75) is 25.2 Å². The van der Waals surface area contributed by atoms with E-state index in [9.17, 15) is 19.7 Å². The summed E-state index contributed by atoms with van der Waals surface area (Å²) in [6.45, 7) is 3.19. The molecule has 106 valence electrons.